The second-order valence-corrected chi connectivity index (χ2v) is 6.30. The quantitative estimate of drug-likeness (QED) is 0.381. The first-order valence-electron chi connectivity index (χ1n) is 7.60. The number of aromatic nitrogens is 1. The smallest absolute Gasteiger partial charge is 0.171 e. The molecule has 1 heterocycles. The average Bonchev–Trinajstić information content (AvgIpc) is 2.47. The van der Waals surface area contributed by atoms with E-state index in [9.17, 15) is 5.21 Å². The predicted molar refractivity (Wildman–Crippen MR) is 84.6 cm³/mol. The molecule has 0 aromatic carbocycles. The van der Waals surface area contributed by atoms with Crippen molar-refractivity contribution in [2.75, 3.05) is 6.61 Å². The van der Waals surface area contributed by atoms with Crippen LogP contribution in [0.4, 0.5) is 0 Å². The number of rotatable bonds is 5. The molecule has 2 rings (SSSR count). The van der Waals surface area contributed by atoms with Crippen LogP contribution in [0.5, 0.6) is 5.75 Å². The molecular formula is C16H23ClN2O2. The van der Waals surface area contributed by atoms with Gasteiger partial charge in [0, 0.05) is 0 Å². The van der Waals surface area contributed by atoms with Crippen LogP contribution in [-0.4, -0.2) is 22.5 Å². The van der Waals surface area contributed by atoms with E-state index in [1.165, 1.54) is 0 Å². The second kappa shape index (κ2) is 7.12. The third-order valence-corrected chi connectivity index (χ3v) is 4.32. The fourth-order valence-corrected chi connectivity index (χ4v) is 2.80. The Morgan fingerprint density at radius 1 is 1.48 bits per heavy atom. The third kappa shape index (κ3) is 3.67. The standard InChI is InChI=1S/C16H23ClN2O2/c1-4-5-6-21-14-9-12-7-11(10(2)3)8-13(19-20)15(12)18-16(14)17/h9-11,20H,4-8H2,1-3H3. The van der Waals surface area contributed by atoms with Gasteiger partial charge in [-0.15, -0.1) is 0 Å². The van der Waals surface area contributed by atoms with Crippen molar-refractivity contribution in [3.05, 3.63) is 22.5 Å². The number of fused-ring (bicyclic) bond motifs is 1. The summed E-state index contributed by atoms with van der Waals surface area (Å²) in [5.41, 5.74) is 2.39. The number of hydrogen-bond acceptors (Lipinski definition) is 4. The topological polar surface area (TPSA) is 54.7 Å². The van der Waals surface area contributed by atoms with E-state index in [1.807, 2.05) is 6.07 Å². The largest absolute Gasteiger partial charge is 0.490 e. The lowest BCUT2D eigenvalue weighted by atomic mass is 9.79. The lowest BCUT2D eigenvalue weighted by molar-refractivity contribution is 0.304. The number of hydrogen-bond donors (Lipinski definition) is 1. The predicted octanol–water partition coefficient (Wildman–Crippen LogP) is 4.31. The van der Waals surface area contributed by atoms with Gasteiger partial charge in [-0.1, -0.05) is 43.9 Å². The van der Waals surface area contributed by atoms with Crippen LogP contribution in [0.3, 0.4) is 0 Å². The molecule has 1 N–H and O–H groups in total. The first kappa shape index (κ1) is 16.1. The molecule has 0 bridgehead atoms. The minimum atomic E-state index is 0.342. The first-order chi connectivity index (χ1) is 10.1. The molecule has 4 nitrogen and oxygen atoms in total. The molecule has 0 saturated heterocycles. The Bertz CT molecular complexity index is 529. The molecule has 1 unspecified atom stereocenters. The highest BCUT2D eigenvalue weighted by Crippen LogP contribution is 2.34. The van der Waals surface area contributed by atoms with Gasteiger partial charge in [0.15, 0.2) is 10.9 Å². The van der Waals surface area contributed by atoms with Crippen LogP contribution in [-0.2, 0) is 6.42 Å². The Morgan fingerprint density at radius 3 is 2.86 bits per heavy atom. The van der Waals surface area contributed by atoms with Crippen LogP contribution in [0.2, 0.25) is 5.15 Å². The van der Waals surface area contributed by atoms with Gasteiger partial charge in [0.05, 0.1) is 12.3 Å². The molecule has 1 atom stereocenters. The zero-order valence-corrected chi connectivity index (χ0v) is 13.7. The van der Waals surface area contributed by atoms with Crippen molar-refractivity contribution in [1.82, 2.24) is 4.98 Å². The van der Waals surface area contributed by atoms with E-state index in [-0.39, 0.29) is 0 Å². The summed E-state index contributed by atoms with van der Waals surface area (Å²) in [6.45, 7) is 7.14. The van der Waals surface area contributed by atoms with Gasteiger partial charge in [-0.2, -0.15) is 0 Å². The zero-order valence-electron chi connectivity index (χ0n) is 12.9. The van der Waals surface area contributed by atoms with E-state index in [0.29, 0.717) is 40.8 Å². The van der Waals surface area contributed by atoms with Gasteiger partial charge < -0.3 is 9.94 Å². The summed E-state index contributed by atoms with van der Waals surface area (Å²) in [5, 5.41) is 13.0. The van der Waals surface area contributed by atoms with Crippen molar-refractivity contribution in [2.45, 2.75) is 46.5 Å². The van der Waals surface area contributed by atoms with Gasteiger partial charge in [-0.05, 0) is 42.7 Å². The summed E-state index contributed by atoms with van der Waals surface area (Å²) in [7, 11) is 0. The van der Waals surface area contributed by atoms with Crippen molar-refractivity contribution in [2.24, 2.45) is 17.0 Å². The Balaban J connectivity index is 2.30. The lowest BCUT2D eigenvalue weighted by Crippen LogP contribution is -2.25. The summed E-state index contributed by atoms with van der Waals surface area (Å²) in [6, 6.07) is 1.96. The maximum absolute atomic E-state index is 9.24. The fourth-order valence-electron chi connectivity index (χ4n) is 2.60. The van der Waals surface area contributed by atoms with E-state index in [2.05, 4.69) is 30.9 Å². The molecule has 5 heteroatoms. The fraction of sp³-hybridized carbons (Fsp3) is 0.625. The lowest BCUT2D eigenvalue weighted by Gasteiger charge is -2.27. The Labute approximate surface area is 131 Å². The van der Waals surface area contributed by atoms with E-state index in [1.54, 1.807) is 0 Å². The summed E-state index contributed by atoms with van der Waals surface area (Å²) in [5.74, 6) is 1.61. The molecule has 0 radical (unpaired) electrons. The molecule has 1 aromatic heterocycles. The van der Waals surface area contributed by atoms with Crippen molar-refractivity contribution >= 4 is 17.3 Å². The van der Waals surface area contributed by atoms with Crippen molar-refractivity contribution < 1.29 is 9.94 Å². The van der Waals surface area contributed by atoms with Gasteiger partial charge in [-0.3, -0.25) is 0 Å². The Hall–Kier alpha value is -1.29. The molecule has 0 aliphatic heterocycles. The minimum absolute atomic E-state index is 0.342. The van der Waals surface area contributed by atoms with Crippen LogP contribution in [0.15, 0.2) is 11.2 Å². The normalized spacial score (nSPS) is 19.9. The van der Waals surface area contributed by atoms with Crippen LogP contribution >= 0.6 is 11.6 Å². The number of halogens is 1. The molecular weight excluding hydrogens is 288 g/mol. The molecule has 0 spiro atoms. The monoisotopic (exact) mass is 310 g/mol. The van der Waals surface area contributed by atoms with Gasteiger partial charge in [0.2, 0.25) is 0 Å². The molecule has 0 fully saturated rings. The number of ether oxygens (including phenoxy) is 1. The van der Waals surface area contributed by atoms with Crippen molar-refractivity contribution in [3.8, 4) is 5.75 Å². The third-order valence-electron chi connectivity index (χ3n) is 4.05. The summed E-state index contributed by atoms with van der Waals surface area (Å²) in [6.07, 6.45) is 3.72. The van der Waals surface area contributed by atoms with Gasteiger partial charge >= 0.3 is 0 Å². The molecule has 1 aliphatic carbocycles. The highest BCUT2D eigenvalue weighted by molar-refractivity contribution is 6.31. The van der Waals surface area contributed by atoms with Crippen molar-refractivity contribution in [3.63, 3.8) is 0 Å². The second-order valence-electron chi connectivity index (χ2n) is 5.95. The van der Waals surface area contributed by atoms with E-state index < -0.39 is 0 Å². The van der Waals surface area contributed by atoms with E-state index in [4.69, 9.17) is 16.3 Å². The molecule has 21 heavy (non-hydrogen) atoms. The summed E-state index contributed by atoms with van der Waals surface area (Å²) >= 11 is 6.19. The van der Waals surface area contributed by atoms with Gasteiger partial charge in [-0.25, -0.2) is 4.98 Å². The molecule has 116 valence electrons. The average molecular weight is 311 g/mol. The SMILES string of the molecule is CCCCOc1cc2c(nc1Cl)C(=NO)CC(C(C)C)C2. The van der Waals surface area contributed by atoms with E-state index >= 15 is 0 Å². The van der Waals surface area contributed by atoms with Crippen LogP contribution < -0.4 is 4.74 Å². The number of unbranched alkanes of at least 4 members (excludes halogenated alkanes) is 1. The Kier molecular flexibility index (Phi) is 5.45. The summed E-state index contributed by atoms with van der Waals surface area (Å²) < 4.78 is 5.71. The number of nitrogens with zero attached hydrogens (tertiary/aromatic N) is 2. The highest BCUT2D eigenvalue weighted by Gasteiger charge is 2.28. The van der Waals surface area contributed by atoms with Crippen LogP contribution in [0.25, 0.3) is 0 Å². The van der Waals surface area contributed by atoms with Gasteiger partial charge in [0.1, 0.15) is 5.71 Å². The molecule has 0 amide bonds. The molecule has 1 aromatic rings. The zero-order chi connectivity index (χ0) is 15.4. The highest BCUT2D eigenvalue weighted by atomic mass is 35.5. The van der Waals surface area contributed by atoms with Crippen LogP contribution in [0, 0.1) is 11.8 Å². The summed E-state index contributed by atoms with van der Waals surface area (Å²) in [4.78, 5) is 4.39. The van der Waals surface area contributed by atoms with Crippen LogP contribution in [0.1, 0.15) is 51.3 Å². The maximum atomic E-state index is 9.24. The first-order valence-corrected chi connectivity index (χ1v) is 7.98. The molecule has 1 aliphatic rings. The van der Waals surface area contributed by atoms with E-state index in [0.717, 1.165) is 31.2 Å². The number of oxime groups is 1. The maximum Gasteiger partial charge on any atom is 0.171 e. The van der Waals surface area contributed by atoms with Crippen molar-refractivity contribution in [1.29, 1.82) is 0 Å². The molecule has 0 saturated carbocycles. The number of pyridine rings is 1. The Morgan fingerprint density at radius 2 is 2.24 bits per heavy atom. The van der Waals surface area contributed by atoms with Gasteiger partial charge in [0.25, 0.3) is 0 Å². The minimum Gasteiger partial charge on any atom is -0.490 e.